The maximum atomic E-state index is 13.8. The molecule has 0 heterocycles. The van der Waals surface area contributed by atoms with Crippen LogP contribution in [-0.4, -0.2) is 14.3 Å². The molecule has 0 spiro atoms. The van der Waals surface area contributed by atoms with Gasteiger partial charge in [0.1, 0.15) is 10.7 Å². The Bertz CT molecular complexity index is 910. The molecule has 0 unspecified atom stereocenters. The van der Waals surface area contributed by atoms with Crippen LogP contribution in [0.2, 0.25) is 0 Å². The van der Waals surface area contributed by atoms with E-state index in [1.807, 2.05) is 0 Å². The molecule has 0 bridgehead atoms. The van der Waals surface area contributed by atoms with Crippen LogP contribution in [0.25, 0.3) is 0 Å². The highest BCUT2D eigenvalue weighted by atomic mass is 32.2. The molecule has 0 aliphatic carbocycles. The topological polar surface area (TPSA) is 72.5 Å². The number of rotatable bonds is 4. The number of para-hydroxylation sites is 2. The molecule has 2 aromatic carbocycles. The molecule has 1 N–H and O–H groups in total. The summed E-state index contributed by atoms with van der Waals surface area (Å²) in [5, 5.41) is 2.30. The van der Waals surface area contributed by atoms with Crippen LogP contribution in [0.15, 0.2) is 47.4 Å². The molecule has 5 nitrogen and oxygen atoms in total. The molecular weight excluding hydrogens is 366 g/mol. The van der Waals surface area contributed by atoms with E-state index in [9.17, 15) is 30.8 Å². The SMILES string of the molecule is CC(=O)Nc1ccccc1OS(=O)(=O)c1cc(C(F)(F)F)ccc1F. The van der Waals surface area contributed by atoms with Gasteiger partial charge in [0, 0.05) is 6.92 Å². The van der Waals surface area contributed by atoms with Crippen molar-refractivity contribution in [2.75, 3.05) is 5.32 Å². The van der Waals surface area contributed by atoms with Crippen molar-refractivity contribution in [1.82, 2.24) is 0 Å². The standard InChI is InChI=1S/C15H11F4NO4S/c1-9(21)20-12-4-2-3-5-13(12)24-25(22,23)14-8-10(15(17,18)19)6-7-11(14)16/h2-8H,1H3,(H,20,21). The first-order chi connectivity index (χ1) is 11.5. The zero-order chi connectivity index (χ0) is 18.8. The largest absolute Gasteiger partial charge is 0.416 e. The van der Waals surface area contributed by atoms with E-state index in [1.165, 1.54) is 18.2 Å². The normalized spacial score (nSPS) is 11.9. The van der Waals surface area contributed by atoms with Crippen LogP contribution in [0.5, 0.6) is 5.75 Å². The molecular formula is C15H11F4NO4S. The molecule has 25 heavy (non-hydrogen) atoms. The van der Waals surface area contributed by atoms with E-state index in [1.54, 1.807) is 0 Å². The van der Waals surface area contributed by atoms with Gasteiger partial charge in [-0.05, 0) is 30.3 Å². The van der Waals surface area contributed by atoms with E-state index < -0.39 is 38.5 Å². The van der Waals surface area contributed by atoms with Gasteiger partial charge >= 0.3 is 16.3 Å². The summed E-state index contributed by atoms with van der Waals surface area (Å²) >= 11 is 0. The van der Waals surface area contributed by atoms with Crippen LogP contribution in [0, 0.1) is 5.82 Å². The van der Waals surface area contributed by atoms with Crippen molar-refractivity contribution in [3.05, 3.63) is 53.8 Å². The fraction of sp³-hybridized carbons (Fsp3) is 0.133. The average Bonchev–Trinajstić information content (AvgIpc) is 2.47. The van der Waals surface area contributed by atoms with Crippen molar-refractivity contribution >= 4 is 21.7 Å². The number of benzene rings is 2. The van der Waals surface area contributed by atoms with E-state index >= 15 is 0 Å². The summed E-state index contributed by atoms with van der Waals surface area (Å²) in [4.78, 5) is 9.85. The van der Waals surface area contributed by atoms with Crippen molar-refractivity contribution in [2.45, 2.75) is 18.0 Å². The highest BCUT2D eigenvalue weighted by Gasteiger charge is 2.33. The molecule has 0 aliphatic rings. The van der Waals surface area contributed by atoms with E-state index in [-0.39, 0.29) is 17.5 Å². The zero-order valence-electron chi connectivity index (χ0n) is 12.6. The summed E-state index contributed by atoms with van der Waals surface area (Å²) in [5.74, 6) is -2.29. The fourth-order valence-electron chi connectivity index (χ4n) is 1.87. The number of alkyl halides is 3. The number of amides is 1. The van der Waals surface area contributed by atoms with Crippen LogP contribution in [-0.2, 0) is 21.1 Å². The molecule has 2 aromatic rings. The first-order valence-electron chi connectivity index (χ1n) is 6.68. The van der Waals surface area contributed by atoms with Gasteiger partial charge in [0.25, 0.3) is 0 Å². The van der Waals surface area contributed by atoms with Gasteiger partial charge < -0.3 is 9.50 Å². The highest BCUT2D eigenvalue weighted by molar-refractivity contribution is 7.87. The highest BCUT2D eigenvalue weighted by Crippen LogP contribution is 2.33. The second kappa shape index (κ2) is 6.71. The first-order valence-corrected chi connectivity index (χ1v) is 8.09. The van der Waals surface area contributed by atoms with E-state index in [0.29, 0.717) is 12.1 Å². The smallest absolute Gasteiger partial charge is 0.377 e. The minimum Gasteiger partial charge on any atom is -0.377 e. The van der Waals surface area contributed by atoms with Gasteiger partial charge in [0.05, 0.1) is 11.3 Å². The number of hydrogen-bond donors (Lipinski definition) is 1. The molecule has 0 fully saturated rings. The van der Waals surface area contributed by atoms with Crippen LogP contribution in [0.4, 0.5) is 23.2 Å². The summed E-state index contributed by atoms with van der Waals surface area (Å²) < 4.78 is 81.0. The van der Waals surface area contributed by atoms with Crippen LogP contribution in [0.3, 0.4) is 0 Å². The Kier molecular flexibility index (Phi) is 5.02. The number of carbonyl (C=O) groups excluding carboxylic acids is 1. The van der Waals surface area contributed by atoms with Gasteiger partial charge in [-0.2, -0.15) is 21.6 Å². The quantitative estimate of drug-likeness (QED) is 0.653. The summed E-state index contributed by atoms with van der Waals surface area (Å²) in [6.45, 7) is 1.16. The lowest BCUT2D eigenvalue weighted by Gasteiger charge is -2.13. The third-order valence-corrected chi connectivity index (χ3v) is 4.18. The molecule has 0 aromatic heterocycles. The Morgan fingerprint density at radius 1 is 1.12 bits per heavy atom. The van der Waals surface area contributed by atoms with Crippen molar-refractivity contribution in [3.8, 4) is 5.75 Å². The van der Waals surface area contributed by atoms with Crippen molar-refractivity contribution < 1.29 is 35.0 Å². The van der Waals surface area contributed by atoms with Crippen molar-refractivity contribution in [1.29, 1.82) is 0 Å². The number of carbonyl (C=O) groups is 1. The molecule has 0 saturated heterocycles. The minimum absolute atomic E-state index is 0.0361. The second-order valence-electron chi connectivity index (χ2n) is 4.86. The molecule has 10 heteroatoms. The molecule has 0 saturated carbocycles. The summed E-state index contributed by atoms with van der Waals surface area (Å²) in [7, 11) is -4.91. The maximum absolute atomic E-state index is 13.8. The monoisotopic (exact) mass is 377 g/mol. The number of hydrogen-bond acceptors (Lipinski definition) is 4. The number of anilines is 1. The van der Waals surface area contributed by atoms with E-state index in [2.05, 4.69) is 5.32 Å². The molecule has 134 valence electrons. The molecule has 2 rings (SSSR count). The predicted octanol–water partition coefficient (Wildman–Crippen LogP) is 3.57. The Balaban J connectivity index is 2.46. The first kappa shape index (κ1) is 18.7. The summed E-state index contributed by atoms with van der Waals surface area (Å²) in [6, 6.07) is 6.27. The third-order valence-electron chi connectivity index (χ3n) is 2.93. The lowest BCUT2D eigenvalue weighted by Crippen LogP contribution is -2.16. The van der Waals surface area contributed by atoms with Gasteiger partial charge in [-0.3, -0.25) is 4.79 Å². The predicted molar refractivity (Wildman–Crippen MR) is 80.0 cm³/mol. The van der Waals surface area contributed by atoms with Crippen LogP contribution >= 0.6 is 0 Å². The minimum atomic E-state index is -4.91. The number of nitrogens with one attached hydrogen (secondary N) is 1. The molecule has 1 amide bonds. The Hall–Kier alpha value is -2.62. The number of halogens is 4. The van der Waals surface area contributed by atoms with E-state index in [0.717, 1.165) is 13.0 Å². The lowest BCUT2D eigenvalue weighted by molar-refractivity contribution is -0.137. The third kappa shape index (κ3) is 4.47. The Morgan fingerprint density at radius 2 is 1.76 bits per heavy atom. The van der Waals surface area contributed by atoms with Crippen molar-refractivity contribution in [3.63, 3.8) is 0 Å². The van der Waals surface area contributed by atoms with E-state index in [4.69, 9.17) is 4.18 Å². The van der Waals surface area contributed by atoms with Gasteiger partial charge in [0.15, 0.2) is 5.75 Å². The van der Waals surface area contributed by atoms with Crippen LogP contribution in [0.1, 0.15) is 12.5 Å². The van der Waals surface area contributed by atoms with Crippen molar-refractivity contribution in [2.24, 2.45) is 0 Å². The zero-order valence-corrected chi connectivity index (χ0v) is 13.4. The fourth-order valence-corrected chi connectivity index (χ4v) is 2.92. The summed E-state index contributed by atoms with van der Waals surface area (Å²) in [6.07, 6.45) is -4.86. The average molecular weight is 377 g/mol. The van der Waals surface area contributed by atoms with Gasteiger partial charge in [0.2, 0.25) is 5.91 Å². The Labute approximate surface area is 140 Å². The second-order valence-corrected chi connectivity index (χ2v) is 6.37. The van der Waals surface area contributed by atoms with Gasteiger partial charge in [-0.25, -0.2) is 4.39 Å². The van der Waals surface area contributed by atoms with Crippen LogP contribution < -0.4 is 9.50 Å². The maximum Gasteiger partial charge on any atom is 0.416 e. The molecule has 0 atom stereocenters. The lowest BCUT2D eigenvalue weighted by atomic mass is 10.2. The Morgan fingerprint density at radius 3 is 2.36 bits per heavy atom. The van der Waals surface area contributed by atoms with Gasteiger partial charge in [-0.1, -0.05) is 12.1 Å². The summed E-state index contributed by atoms with van der Waals surface area (Å²) in [5.41, 5.74) is -1.38. The molecule has 0 aliphatic heterocycles. The van der Waals surface area contributed by atoms with Gasteiger partial charge in [-0.15, -0.1) is 0 Å². The molecule has 0 radical (unpaired) electrons.